The van der Waals surface area contributed by atoms with Crippen LogP contribution in [-0.2, 0) is 0 Å². The minimum Gasteiger partial charge on any atom is -0.361 e. The maximum atomic E-state index is 5.41. The van der Waals surface area contributed by atoms with Crippen molar-refractivity contribution in [2.24, 2.45) is 0 Å². The van der Waals surface area contributed by atoms with Crippen molar-refractivity contribution in [2.75, 3.05) is 13.1 Å². The summed E-state index contributed by atoms with van der Waals surface area (Å²) in [6.07, 6.45) is 5.67. The SMILES string of the molecule is Cc1ncc(C(=S)N2CCCCC2)[nH]1. The first-order chi connectivity index (χ1) is 6.77. The van der Waals surface area contributed by atoms with Gasteiger partial charge in [0.1, 0.15) is 10.8 Å². The zero-order chi connectivity index (χ0) is 9.97. The number of H-pyrrole nitrogens is 1. The predicted octanol–water partition coefficient (Wildman–Crippen LogP) is 1.88. The first-order valence-electron chi connectivity index (χ1n) is 5.08. The van der Waals surface area contributed by atoms with Crippen LogP contribution in [0.3, 0.4) is 0 Å². The van der Waals surface area contributed by atoms with Crippen molar-refractivity contribution in [1.29, 1.82) is 0 Å². The normalized spacial score (nSPS) is 17.1. The van der Waals surface area contributed by atoms with E-state index in [0.717, 1.165) is 29.6 Å². The van der Waals surface area contributed by atoms with Crippen LogP contribution >= 0.6 is 12.2 Å². The molecule has 0 amide bonds. The molecule has 1 fully saturated rings. The molecule has 1 aromatic heterocycles. The summed E-state index contributed by atoms with van der Waals surface area (Å²) in [5, 5.41) is 0. The Kier molecular flexibility index (Phi) is 2.82. The highest BCUT2D eigenvalue weighted by Crippen LogP contribution is 2.12. The molecule has 0 radical (unpaired) electrons. The van der Waals surface area contributed by atoms with E-state index in [1.165, 1.54) is 19.3 Å². The third-order valence-corrected chi connectivity index (χ3v) is 3.05. The molecular formula is C10H15N3S. The highest BCUT2D eigenvalue weighted by molar-refractivity contribution is 7.80. The Morgan fingerprint density at radius 2 is 2.14 bits per heavy atom. The van der Waals surface area contributed by atoms with Crippen molar-refractivity contribution in [3.8, 4) is 0 Å². The molecule has 0 saturated carbocycles. The van der Waals surface area contributed by atoms with Gasteiger partial charge in [-0.25, -0.2) is 4.98 Å². The van der Waals surface area contributed by atoms with Crippen LogP contribution in [0, 0.1) is 6.92 Å². The second-order valence-electron chi connectivity index (χ2n) is 3.74. The molecule has 3 nitrogen and oxygen atoms in total. The van der Waals surface area contributed by atoms with Gasteiger partial charge in [-0.15, -0.1) is 0 Å². The molecule has 1 aliphatic rings. The average molecular weight is 209 g/mol. The molecule has 0 bridgehead atoms. The molecule has 1 aromatic rings. The number of thiocarbonyl (C=S) groups is 1. The lowest BCUT2D eigenvalue weighted by molar-refractivity contribution is 0.347. The standard InChI is InChI=1S/C10H15N3S/c1-8-11-7-9(12-8)10(14)13-5-3-2-4-6-13/h7H,2-6H2,1H3,(H,11,12). The largest absolute Gasteiger partial charge is 0.361 e. The molecule has 76 valence electrons. The molecule has 0 aliphatic carbocycles. The molecule has 1 aliphatic heterocycles. The van der Waals surface area contributed by atoms with E-state index in [9.17, 15) is 0 Å². The predicted molar refractivity (Wildman–Crippen MR) is 60.4 cm³/mol. The number of aromatic nitrogens is 2. The van der Waals surface area contributed by atoms with E-state index in [2.05, 4.69) is 14.9 Å². The van der Waals surface area contributed by atoms with Gasteiger partial charge in [0.15, 0.2) is 0 Å². The van der Waals surface area contributed by atoms with Crippen LogP contribution in [0.5, 0.6) is 0 Å². The van der Waals surface area contributed by atoms with E-state index < -0.39 is 0 Å². The second-order valence-corrected chi connectivity index (χ2v) is 4.12. The zero-order valence-corrected chi connectivity index (χ0v) is 9.23. The van der Waals surface area contributed by atoms with E-state index >= 15 is 0 Å². The van der Waals surface area contributed by atoms with Crippen molar-refractivity contribution in [2.45, 2.75) is 26.2 Å². The van der Waals surface area contributed by atoms with Crippen LogP contribution in [0.4, 0.5) is 0 Å². The van der Waals surface area contributed by atoms with Crippen LogP contribution in [0.1, 0.15) is 30.8 Å². The molecule has 1 saturated heterocycles. The number of aromatic amines is 1. The Balaban J connectivity index is 2.07. The second kappa shape index (κ2) is 4.09. The summed E-state index contributed by atoms with van der Waals surface area (Å²) in [5.74, 6) is 0.930. The highest BCUT2D eigenvalue weighted by atomic mass is 32.1. The number of rotatable bonds is 1. The fourth-order valence-corrected chi connectivity index (χ4v) is 2.08. The number of likely N-dealkylation sites (tertiary alicyclic amines) is 1. The smallest absolute Gasteiger partial charge is 0.127 e. The number of nitrogens with one attached hydrogen (secondary N) is 1. The summed E-state index contributed by atoms with van der Waals surface area (Å²) < 4.78 is 0. The lowest BCUT2D eigenvalue weighted by Crippen LogP contribution is -2.35. The van der Waals surface area contributed by atoms with Gasteiger partial charge in [-0.1, -0.05) is 12.2 Å². The molecule has 14 heavy (non-hydrogen) atoms. The molecule has 0 aromatic carbocycles. The van der Waals surface area contributed by atoms with Crippen molar-refractivity contribution in [3.05, 3.63) is 17.7 Å². The van der Waals surface area contributed by atoms with Crippen LogP contribution in [-0.4, -0.2) is 32.9 Å². The van der Waals surface area contributed by atoms with Gasteiger partial charge < -0.3 is 9.88 Å². The van der Waals surface area contributed by atoms with Gasteiger partial charge in [0.25, 0.3) is 0 Å². The summed E-state index contributed by atoms with van der Waals surface area (Å²) >= 11 is 5.41. The Hall–Kier alpha value is -0.900. The summed E-state index contributed by atoms with van der Waals surface area (Å²) in [7, 11) is 0. The van der Waals surface area contributed by atoms with Gasteiger partial charge >= 0.3 is 0 Å². The van der Waals surface area contributed by atoms with Gasteiger partial charge in [0, 0.05) is 13.1 Å². The minimum atomic E-state index is 0.922. The number of hydrogen-bond acceptors (Lipinski definition) is 2. The third kappa shape index (κ3) is 1.95. The van der Waals surface area contributed by atoms with Crippen molar-refractivity contribution in [1.82, 2.24) is 14.9 Å². The number of imidazole rings is 1. The molecular weight excluding hydrogens is 194 g/mol. The Morgan fingerprint density at radius 1 is 1.43 bits per heavy atom. The maximum Gasteiger partial charge on any atom is 0.127 e. The van der Waals surface area contributed by atoms with Crippen LogP contribution in [0.2, 0.25) is 0 Å². The van der Waals surface area contributed by atoms with Crippen LogP contribution < -0.4 is 0 Å². The van der Waals surface area contributed by atoms with Gasteiger partial charge in [0.2, 0.25) is 0 Å². The summed E-state index contributed by atoms with van der Waals surface area (Å²) in [6.45, 7) is 4.14. The lowest BCUT2D eigenvalue weighted by Gasteiger charge is -2.28. The zero-order valence-electron chi connectivity index (χ0n) is 8.42. The Morgan fingerprint density at radius 3 is 2.71 bits per heavy atom. The first-order valence-corrected chi connectivity index (χ1v) is 5.49. The number of nitrogens with zero attached hydrogens (tertiary/aromatic N) is 2. The summed E-state index contributed by atoms with van der Waals surface area (Å²) in [5.41, 5.74) is 0.986. The molecule has 4 heteroatoms. The van der Waals surface area contributed by atoms with Crippen molar-refractivity contribution >= 4 is 17.2 Å². The first kappa shape index (κ1) is 9.65. The average Bonchev–Trinajstić information content (AvgIpc) is 2.65. The molecule has 1 N–H and O–H groups in total. The topological polar surface area (TPSA) is 31.9 Å². The highest BCUT2D eigenvalue weighted by Gasteiger charge is 2.15. The Labute approximate surface area is 89.5 Å². The van der Waals surface area contributed by atoms with Gasteiger partial charge in [0.05, 0.1) is 11.9 Å². The molecule has 0 unspecified atom stereocenters. The molecule has 2 heterocycles. The van der Waals surface area contributed by atoms with E-state index in [-0.39, 0.29) is 0 Å². The van der Waals surface area contributed by atoms with Gasteiger partial charge in [-0.05, 0) is 26.2 Å². The maximum absolute atomic E-state index is 5.41. The fourth-order valence-electron chi connectivity index (χ4n) is 1.80. The summed E-state index contributed by atoms with van der Waals surface area (Å²) in [6, 6.07) is 0. The van der Waals surface area contributed by atoms with E-state index in [1.54, 1.807) is 0 Å². The van der Waals surface area contributed by atoms with Crippen molar-refractivity contribution < 1.29 is 0 Å². The lowest BCUT2D eigenvalue weighted by atomic mass is 10.1. The fraction of sp³-hybridized carbons (Fsp3) is 0.600. The van der Waals surface area contributed by atoms with Crippen LogP contribution in [0.15, 0.2) is 6.20 Å². The Bertz CT molecular complexity index is 326. The van der Waals surface area contributed by atoms with E-state index in [1.807, 2.05) is 13.1 Å². The van der Waals surface area contributed by atoms with Gasteiger partial charge in [-0.3, -0.25) is 0 Å². The molecule has 2 rings (SSSR count). The number of aryl methyl sites for hydroxylation is 1. The van der Waals surface area contributed by atoms with Crippen LogP contribution in [0.25, 0.3) is 0 Å². The van der Waals surface area contributed by atoms with E-state index in [0.29, 0.717) is 0 Å². The monoisotopic (exact) mass is 209 g/mol. The van der Waals surface area contributed by atoms with E-state index in [4.69, 9.17) is 12.2 Å². The molecule has 0 atom stereocenters. The van der Waals surface area contributed by atoms with Crippen molar-refractivity contribution in [3.63, 3.8) is 0 Å². The summed E-state index contributed by atoms with van der Waals surface area (Å²) in [4.78, 5) is 10.5. The molecule has 0 spiro atoms. The number of piperidine rings is 1. The van der Waals surface area contributed by atoms with Gasteiger partial charge in [-0.2, -0.15) is 0 Å². The minimum absolute atomic E-state index is 0.922. The third-order valence-electron chi connectivity index (χ3n) is 2.58. The number of hydrogen-bond donors (Lipinski definition) is 1. The quantitative estimate of drug-likeness (QED) is 0.717.